The summed E-state index contributed by atoms with van der Waals surface area (Å²) < 4.78 is 28.8. The molecule has 3 rings (SSSR count). The Balaban J connectivity index is 1.95. The van der Waals surface area contributed by atoms with E-state index in [1.807, 2.05) is 20.8 Å². The third-order valence-corrected chi connectivity index (χ3v) is 5.84. The minimum atomic E-state index is -3.91. The molecular formula is C22H24N4O6S. The van der Waals surface area contributed by atoms with Crippen molar-refractivity contribution in [3.05, 3.63) is 59.2 Å². The van der Waals surface area contributed by atoms with Gasteiger partial charge in [0, 0.05) is 17.5 Å². The third-order valence-electron chi connectivity index (χ3n) is 4.52. The molecule has 10 nitrogen and oxygen atoms in total. The molecular weight excluding hydrogens is 448 g/mol. The smallest absolute Gasteiger partial charge is 0.339 e. The van der Waals surface area contributed by atoms with Crippen LogP contribution in [0, 0.1) is 0 Å². The average molecular weight is 473 g/mol. The molecule has 0 atom stereocenters. The van der Waals surface area contributed by atoms with E-state index in [0.29, 0.717) is 11.1 Å². The fourth-order valence-corrected chi connectivity index (χ4v) is 4.33. The van der Waals surface area contributed by atoms with Crippen molar-refractivity contribution < 1.29 is 28.2 Å². The van der Waals surface area contributed by atoms with Crippen molar-refractivity contribution in [2.45, 2.75) is 37.6 Å². The first kappa shape index (κ1) is 23.9. The van der Waals surface area contributed by atoms with Gasteiger partial charge in [-0.05, 0) is 56.7 Å². The molecule has 0 bridgehead atoms. The number of benzene rings is 2. The van der Waals surface area contributed by atoms with Crippen LogP contribution >= 0.6 is 0 Å². The van der Waals surface area contributed by atoms with Crippen molar-refractivity contribution in [1.82, 2.24) is 10.3 Å². The topological polar surface area (TPSA) is 149 Å². The Bertz CT molecular complexity index is 1260. The predicted octanol–water partition coefficient (Wildman–Crippen LogP) is 2.18. The van der Waals surface area contributed by atoms with E-state index in [1.165, 1.54) is 35.5 Å². The van der Waals surface area contributed by atoms with Gasteiger partial charge in [-0.2, -0.15) is 13.5 Å². The number of phenols is 1. The minimum absolute atomic E-state index is 0.00575. The lowest BCUT2D eigenvalue weighted by Gasteiger charge is -2.22. The molecule has 0 aliphatic carbocycles. The lowest BCUT2D eigenvalue weighted by Crippen LogP contribution is -2.42. The normalized spacial score (nSPS) is 14.6. The molecule has 1 heterocycles. The van der Waals surface area contributed by atoms with E-state index < -0.39 is 27.3 Å². The van der Waals surface area contributed by atoms with Crippen molar-refractivity contribution in [1.29, 1.82) is 0 Å². The Hall–Kier alpha value is -3.73. The molecule has 33 heavy (non-hydrogen) atoms. The van der Waals surface area contributed by atoms with Crippen LogP contribution in [0.5, 0.6) is 5.75 Å². The highest BCUT2D eigenvalue weighted by Crippen LogP contribution is 2.28. The van der Waals surface area contributed by atoms with Crippen LogP contribution in [0.3, 0.4) is 0 Å². The maximum Gasteiger partial charge on any atom is 0.339 e. The number of rotatable bonds is 6. The molecule has 1 aliphatic rings. The Kier molecular flexibility index (Phi) is 6.54. The van der Waals surface area contributed by atoms with Crippen LogP contribution in [-0.4, -0.2) is 59.7 Å². The molecule has 0 saturated heterocycles. The highest BCUT2D eigenvalue weighted by molar-refractivity contribution is 7.90. The first-order chi connectivity index (χ1) is 15.4. The quantitative estimate of drug-likeness (QED) is 0.431. The van der Waals surface area contributed by atoms with Gasteiger partial charge < -0.3 is 15.5 Å². The van der Waals surface area contributed by atoms with Crippen LogP contribution in [0.2, 0.25) is 0 Å². The fraction of sp³-hybridized carbons (Fsp3) is 0.273. The SMILES string of the molecule is CC(C)(C)NC(=O)CCN(/N=C/c1ccc(O)c(C(=O)O)c1)C1=NS(=O)(=O)c2ccccc21. The maximum atomic E-state index is 12.5. The number of carbonyl (C=O) groups excluding carboxylic acids is 1. The molecule has 3 N–H and O–H groups in total. The lowest BCUT2D eigenvalue weighted by molar-refractivity contribution is -0.122. The number of aromatic hydroxyl groups is 1. The summed E-state index contributed by atoms with van der Waals surface area (Å²) in [6.45, 7) is 5.55. The monoisotopic (exact) mass is 472 g/mol. The number of carbonyl (C=O) groups is 2. The number of carboxylic acid groups (broad SMARTS) is 1. The highest BCUT2D eigenvalue weighted by atomic mass is 32.2. The number of nitrogens with one attached hydrogen (secondary N) is 1. The number of amides is 1. The second-order valence-electron chi connectivity index (χ2n) is 8.38. The van der Waals surface area contributed by atoms with Crippen molar-refractivity contribution in [2.24, 2.45) is 9.50 Å². The molecule has 0 unspecified atom stereocenters. The average Bonchev–Trinajstić information content (AvgIpc) is 2.99. The number of sulfonamides is 1. The van der Waals surface area contributed by atoms with E-state index in [2.05, 4.69) is 14.8 Å². The van der Waals surface area contributed by atoms with E-state index in [9.17, 15) is 28.2 Å². The molecule has 0 aromatic heterocycles. The number of carboxylic acids is 1. The molecule has 2 aromatic carbocycles. The highest BCUT2D eigenvalue weighted by Gasteiger charge is 2.32. The van der Waals surface area contributed by atoms with Crippen molar-refractivity contribution in [3.8, 4) is 5.75 Å². The summed E-state index contributed by atoms with van der Waals surface area (Å²) in [6.07, 6.45) is 1.31. The van der Waals surface area contributed by atoms with E-state index >= 15 is 0 Å². The summed E-state index contributed by atoms with van der Waals surface area (Å²) >= 11 is 0. The zero-order valence-corrected chi connectivity index (χ0v) is 19.1. The van der Waals surface area contributed by atoms with Gasteiger partial charge in [-0.1, -0.05) is 12.1 Å². The van der Waals surface area contributed by atoms with Crippen LogP contribution in [0.25, 0.3) is 0 Å². The zero-order chi connectivity index (χ0) is 24.4. The van der Waals surface area contributed by atoms with Crippen LogP contribution in [0.1, 0.15) is 48.7 Å². The lowest BCUT2D eigenvalue weighted by atomic mass is 10.1. The molecule has 0 radical (unpaired) electrons. The van der Waals surface area contributed by atoms with Crippen LogP contribution in [0.15, 0.2) is 56.9 Å². The number of hydrogen-bond donors (Lipinski definition) is 3. The Morgan fingerprint density at radius 1 is 1.18 bits per heavy atom. The number of amidine groups is 1. The first-order valence-corrected chi connectivity index (χ1v) is 11.4. The standard InChI is InChI=1S/C22H24N4O6S/c1-22(2,3)24-19(28)10-11-26(20-15-6-4-5-7-18(15)33(31,32)25-20)23-13-14-8-9-17(27)16(12-14)21(29)30/h4-9,12-13,27H,10-11H2,1-3H3,(H,24,28)(H,29,30)/b23-13+. The summed E-state index contributed by atoms with van der Waals surface area (Å²) in [5.74, 6) is -1.90. The molecule has 11 heteroatoms. The van der Waals surface area contributed by atoms with Gasteiger partial charge >= 0.3 is 5.97 Å². The van der Waals surface area contributed by atoms with Gasteiger partial charge in [0.2, 0.25) is 5.91 Å². The van der Waals surface area contributed by atoms with Gasteiger partial charge in [0.1, 0.15) is 16.2 Å². The Morgan fingerprint density at radius 3 is 2.55 bits per heavy atom. The molecule has 174 valence electrons. The first-order valence-electron chi connectivity index (χ1n) is 10.0. The largest absolute Gasteiger partial charge is 0.507 e. The number of nitrogens with zero attached hydrogens (tertiary/aromatic N) is 3. The number of hydrogen-bond acceptors (Lipinski definition) is 7. The summed E-state index contributed by atoms with van der Waals surface area (Å²) in [7, 11) is -3.91. The van der Waals surface area contributed by atoms with Crippen molar-refractivity contribution in [3.63, 3.8) is 0 Å². The number of hydrazone groups is 1. The van der Waals surface area contributed by atoms with Gasteiger partial charge in [-0.25, -0.2) is 9.80 Å². The summed E-state index contributed by atoms with van der Waals surface area (Å²) in [6, 6.07) is 10.2. The molecule has 2 aromatic rings. The van der Waals surface area contributed by atoms with Gasteiger partial charge in [0.25, 0.3) is 10.0 Å². The van der Waals surface area contributed by atoms with Crippen molar-refractivity contribution in [2.75, 3.05) is 6.54 Å². The van der Waals surface area contributed by atoms with Gasteiger partial charge in [0.05, 0.1) is 12.8 Å². The second-order valence-corrected chi connectivity index (χ2v) is 9.96. The molecule has 1 aliphatic heterocycles. The summed E-state index contributed by atoms with van der Waals surface area (Å²) in [5.41, 5.74) is -0.0428. The maximum absolute atomic E-state index is 12.5. The van der Waals surface area contributed by atoms with Crippen molar-refractivity contribution >= 4 is 33.9 Å². The number of fused-ring (bicyclic) bond motifs is 1. The minimum Gasteiger partial charge on any atom is -0.507 e. The summed E-state index contributed by atoms with van der Waals surface area (Å²) in [4.78, 5) is 23.7. The molecule has 0 spiro atoms. The molecule has 1 amide bonds. The second kappa shape index (κ2) is 9.02. The van der Waals surface area contributed by atoms with E-state index in [0.717, 1.165) is 0 Å². The van der Waals surface area contributed by atoms with Gasteiger partial charge in [-0.3, -0.25) is 4.79 Å². The Labute approximate surface area is 191 Å². The van der Waals surface area contributed by atoms with E-state index in [1.54, 1.807) is 18.2 Å². The third kappa shape index (κ3) is 5.75. The predicted molar refractivity (Wildman–Crippen MR) is 122 cm³/mol. The number of aromatic carboxylic acids is 1. The van der Waals surface area contributed by atoms with Gasteiger partial charge in [0.15, 0.2) is 5.84 Å². The van der Waals surface area contributed by atoms with Gasteiger partial charge in [-0.15, -0.1) is 4.40 Å². The van der Waals surface area contributed by atoms with E-state index in [-0.39, 0.29) is 35.2 Å². The van der Waals surface area contributed by atoms with Crippen LogP contribution in [0.4, 0.5) is 0 Å². The molecule has 0 saturated carbocycles. The summed E-state index contributed by atoms with van der Waals surface area (Å²) in [5, 5.41) is 27.3. The fourth-order valence-electron chi connectivity index (χ4n) is 3.12. The van der Waals surface area contributed by atoms with Crippen LogP contribution in [-0.2, 0) is 14.8 Å². The molecule has 0 fully saturated rings. The van der Waals surface area contributed by atoms with E-state index in [4.69, 9.17) is 0 Å². The zero-order valence-electron chi connectivity index (χ0n) is 18.3. The Morgan fingerprint density at radius 2 is 1.88 bits per heavy atom. The van der Waals surface area contributed by atoms with Crippen LogP contribution < -0.4 is 5.32 Å².